The van der Waals surface area contributed by atoms with Crippen LogP contribution in [-0.2, 0) is 17.7 Å². The zero-order valence-corrected chi connectivity index (χ0v) is 20.1. The van der Waals surface area contributed by atoms with E-state index in [0.717, 1.165) is 62.5 Å². The maximum absolute atomic E-state index is 12.3. The molecule has 0 bridgehead atoms. The summed E-state index contributed by atoms with van der Waals surface area (Å²) in [6.45, 7) is 12.5. The molecule has 5 heteroatoms. The first-order valence-electron chi connectivity index (χ1n) is 12.0. The van der Waals surface area contributed by atoms with Crippen molar-refractivity contribution in [2.75, 3.05) is 0 Å². The molecule has 2 unspecified atom stereocenters. The van der Waals surface area contributed by atoms with Crippen LogP contribution in [0.1, 0.15) is 95.2 Å². The second kappa shape index (κ2) is 10.0. The van der Waals surface area contributed by atoms with Crippen LogP contribution >= 0.6 is 0 Å². The maximum atomic E-state index is 12.3. The van der Waals surface area contributed by atoms with Gasteiger partial charge < -0.3 is 20.3 Å². The van der Waals surface area contributed by atoms with Crippen molar-refractivity contribution in [2.24, 2.45) is 5.92 Å². The van der Waals surface area contributed by atoms with Crippen LogP contribution in [-0.4, -0.2) is 21.9 Å². The quantitative estimate of drug-likeness (QED) is 0.297. The first-order chi connectivity index (χ1) is 15.1. The van der Waals surface area contributed by atoms with Gasteiger partial charge in [0.2, 0.25) is 0 Å². The van der Waals surface area contributed by atoms with Crippen LogP contribution in [0.5, 0.6) is 11.5 Å². The highest BCUT2D eigenvalue weighted by Crippen LogP contribution is 2.48. The van der Waals surface area contributed by atoms with Gasteiger partial charge in [-0.15, -0.1) is 0 Å². The molecule has 3 N–H and O–H groups in total. The van der Waals surface area contributed by atoms with E-state index in [9.17, 15) is 15.0 Å². The Bertz CT molecular complexity index is 897. The number of phenolic OH excluding ortho intramolecular Hbond substituents is 2. The molecule has 2 atom stereocenters. The summed E-state index contributed by atoms with van der Waals surface area (Å²) in [5, 5.41) is 25.2. The molecule has 3 rings (SSSR count). The number of alkyl carbamates (subject to hydrolysis) is 1. The Labute approximate surface area is 192 Å². The third-order valence-electron chi connectivity index (χ3n) is 6.98. The van der Waals surface area contributed by atoms with Crippen LogP contribution in [0.25, 0.3) is 0 Å². The zero-order chi connectivity index (χ0) is 23.5. The van der Waals surface area contributed by atoms with E-state index < -0.39 is 6.09 Å². The molecular weight excluding hydrogens is 402 g/mol. The minimum absolute atomic E-state index is 0.0802. The van der Waals surface area contributed by atoms with Crippen LogP contribution in [0.15, 0.2) is 29.9 Å². The first-order valence-corrected chi connectivity index (χ1v) is 12.0. The van der Waals surface area contributed by atoms with Crippen molar-refractivity contribution in [3.05, 3.63) is 46.6 Å². The predicted molar refractivity (Wildman–Crippen MR) is 128 cm³/mol. The van der Waals surface area contributed by atoms with Gasteiger partial charge in [0.15, 0.2) is 0 Å². The molecule has 0 radical (unpaired) electrons. The molecule has 0 heterocycles. The largest absolute Gasteiger partial charge is 0.507 e. The minimum Gasteiger partial charge on any atom is -0.507 e. The van der Waals surface area contributed by atoms with Crippen molar-refractivity contribution in [3.63, 3.8) is 0 Å². The summed E-state index contributed by atoms with van der Waals surface area (Å²) in [7, 11) is 0. The number of aromatic hydroxyl groups is 2. The second-order valence-electron chi connectivity index (χ2n) is 9.98. The lowest BCUT2D eigenvalue weighted by Gasteiger charge is -2.32. The fourth-order valence-electron chi connectivity index (χ4n) is 4.68. The number of hydrogen-bond acceptors (Lipinski definition) is 4. The number of hydrogen-bond donors (Lipinski definition) is 3. The lowest BCUT2D eigenvalue weighted by atomic mass is 9.73. The van der Waals surface area contributed by atoms with Crippen molar-refractivity contribution in [3.8, 4) is 11.5 Å². The fourth-order valence-corrected chi connectivity index (χ4v) is 4.68. The second-order valence-corrected chi connectivity index (χ2v) is 9.98. The molecule has 32 heavy (non-hydrogen) atoms. The summed E-state index contributed by atoms with van der Waals surface area (Å²) < 4.78 is 5.48. The average Bonchev–Trinajstić information content (AvgIpc) is 3.43. The molecule has 0 aromatic heterocycles. The molecule has 2 aliphatic rings. The Morgan fingerprint density at radius 3 is 2.66 bits per heavy atom. The van der Waals surface area contributed by atoms with E-state index in [1.165, 1.54) is 5.57 Å². The highest BCUT2D eigenvalue weighted by atomic mass is 16.6. The Morgan fingerprint density at radius 2 is 2.03 bits per heavy atom. The molecule has 0 saturated heterocycles. The van der Waals surface area contributed by atoms with Gasteiger partial charge in [0.25, 0.3) is 0 Å². The van der Waals surface area contributed by atoms with Crippen molar-refractivity contribution in [1.82, 2.24) is 5.32 Å². The van der Waals surface area contributed by atoms with Crippen molar-refractivity contribution in [2.45, 2.75) is 97.1 Å². The Balaban J connectivity index is 1.95. The summed E-state index contributed by atoms with van der Waals surface area (Å²) in [5.74, 6) is 0.216. The molecule has 5 nitrogen and oxygen atoms in total. The van der Waals surface area contributed by atoms with Gasteiger partial charge in [-0.3, -0.25) is 0 Å². The summed E-state index contributed by atoms with van der Waals surface area (Å²) in [5.41, 5.74) is 4.03. The topological polar surface area (TPSA) is 78.8 Å². The fraction of sp³-hybridized carbons (Fsp3) is 0.593. The zero-order valence-electron chi connectivity index (χ0n) is 20.1. The van der Waals surface area contributed by atoms with Gasteiger partial charge in [0, 0.05) is 17.0 Å². The first kappa shape index (κ1) is 24.2. The van der Waals surface area contributed by atoms with Crippen LogP contribution in [0, 0.1) is 5.92 Å². The van der Waals surface area contributed by atoms with Crippen molar-refractivity contribution in [1.29, 1.82) is 0 Å². The highest BCUT2D eigenvalue weighted by Gasteiger charge is 2.41. The monoisotopic (exact) mass is 441 g/mol. The lowest BCUT2D eigenvalue weighted by molar-refractivity contribution is 0.0929. The predicted octanol–water partition coefficient (Wildman–Crippen LogP) is 6.63. The van der Waals surface area contributed by atoms with Crippen LogP contribution in [0.3, 0.4) is 0 Å². The van der Waals surface area contributed by atoms with E-state index in [1.807, 2.05) is 13.8 Å². The number of nitrogens with one attached hydrogen (secondary N) is 1. The Hall–Kier alpha value is -2.43. The maximum Gasteiger partial charge on any atom is 0.407 e. The van der Waals surface area contributed by atoms with E-state index in [2.05, 4.69) is 31.8 Å². The normalized spacial score (nSPS) is 21.6. The number of allylic oxidation sites excluding steroid dienone is 3. The van der Waals surface area contributed by atoms with Crippen LogP contribution in [0.4, 0.5) is 4.79 Å². The van der Waals surface area contributed by atoms with Gasteiger partial charge in [-0.05, 0) is 76.8 Å². The van der Waals surface area contributed by atoms with Gasteiger partial charge in [0.05, 0.1) is 6.54 Å². The third kappa shape index (κ3) is 5.67. The Morgan fingerprint density at radius 1 is 1.31 bits per heavy atom. The molecule has 1 aromatic rings. The molecule has 1 saturated carbocycles. The van der Waals surface area contributed by atoms with E-state index in [1.54, 1.807) is 6.07 Å². The number of amides is 1. The van der Waals surface area contributed by atoms with E-state index in [4.69, 9.17) is 4.74 Å². The van der Waals surface area contributed by atoms with Gasteiger partial charge in [-0.25, -0.2) is 4.79 Å². The smallest absolute Gasteiger partial charge is 0.407 e. The molecule has 2 aliphatic carbocycles. The van der Waals surface area contributed by atoms with Crippen LogP contribution in [0.2, 0.25) is 0 Å². The van der Waals surface area contributed by atoms with E-state index in [0.29, 0.717) is 11.1 Å². The summed E-state index contributed by atoms with van der Waals surface area (Å²) >= 11 is 0. The summed E-state index contributed by atoms with van der Waals surface area (Å²) in [6.07, 6.45) is 9.23. The number of carbonyl (C=O) groups is 1. The highest BCUT2D eigenvalue weighted by molar-refractivity contribution is 5.68. The van der Waals surface area contributed by atoms with E-state index >= 15 is 0 Å². The number of rotatable bonds is 9. The van der Waals surface area contributed by atoms with Gasteiger partial charge >= 0.3 is 6.09 Å². The van der Waals surface area contributed by atoms with Gasteiger partial charge in [-0.1, -0.05) is 43.6 Å². The number of benzene rings is 1. The lowest BCUT2D eigenvalue weighted by Crippen LogP contribution is -2.28. The standard InChI is InChI=1S/C27H39NO4/c1-6-7-8-9-19-15-23(29)24(21-14-18(4)10-11-20(21)17(2)3)25(30)22(19)16-28-26(31)32-27(5)12-13-27/h14-15,20-21,29-30H,2,6-13,16H2,1,3-5H3,(H,28,31). The van der Waals surface area contributed by atoms with Gasteiger partial charge in [-0.2, -0.15) is 0 Å². The molecule has 0 spiro atoms. The number of aryl methyl sites for hydroxylation is 1. The SMILES string of the molecule is C=C(C)C1CCC(C)=CC1c1c(O)cc(CCCCC)c(CNC(=O)OC2(C)CC2)c1O. The summed E-state index contributed by atoms with van der Waals surface area (Å²) in [6, 6.07) is 1.78. The number of ether oxygens (including phenoxy) is 1. The van der Waals surface area contributed by atoms with E-state index in [-0.39, 0.29) is 35.5 Å². The van der Waals surface area contributed by atoms with Crippen molar-refractivity contribution < 1.29 is 19.7 Å². The number of unbranched alkanes of at least 4 members (excludes halogenated alkanes) is 2. The Kier molecular flexibility index (Phi) is 7.58. The molecular formula is C27H39NO4. The van der Waals surface area contributed by atoms with Gasteiger partial charge in [0.1, 0.15) is 17.1 Å². The molecule has 1 amide bonds. The molecule has 1 fully saturated rings. The number of carbonyl (C=O) groups excluding carboxylic acids is 1. The molecule has 176 valence electrons. The third-order valence-corrected chi connectivity index (χ3v) is 6.98. The minimum atomic E-state index is -0.466. The molecule has 1 aromatic carbocycles. The number of phenols is 2. The van der Waals surface area contributed by atoms with Crippen molar-refractivity contribution >= 4 is 6.09 Å². The average molecular weight is 442 g/mol. The van der Waals surface area contributed by atoms with Crippen LogP contribution < -0.4 is 5.32 Å². The molecule has 0 aliphatic heterocycles. The summed E-state index contributed by atoms with van der Waals surface area (Å²) in [4.78, 5) is 12.3.